The molecule has 1 aromatic carbocycles. The van der Waals surface area contributed by atoms with Gasteiger partial charge < -0.3 is 5.11 Å². The highest BCUT2D eigenvalue weighted by molar-refractivity contribution is 7.89. The number of benzene rings is 1. The number of piperidine rings is 1. The summed E-state index contributed by atoms with van der Waals surface area (Å²) in [4.78, 5) is 13.2. The Kier molecular flexibility index (Phi) is 8.34. The Bertz CT molecular complexity index is 673. The fourth-order valence-corrected chi connectivity index (χ4v) is 4.29. The molecule has 0 radical (unpaired) electrons. The largest absolute Gasteiger partial charge is 0.480 e. The Morgan fingerprint density at radius 1 is 1.28 bits per heavy atom. The average Bonchev–Trinajstić information content (AvgIpc) is 2.56. The quantitative estimate of drug-likeness (QED) is 0.771. The smallest absolute Gasteiger partial charge is 0.317 e. The number of hydrogen-bond donors (Lipinski definition) is 1. The number of carboxylic acid groups (broad SMARTS) is 1. The highest BCUT2D eigenvalue weighted by Crippen LogP contribution is 2.22. The van der Waals surface area contributed by atoms with E-state index in [9.17, 15) is 18.3 Å². The lowest BCUT2D eigenvalue weighted by Crippen LogP contribution is -2.48. The SMILES string of the molecule is CCS(=O)(=O)N1CCC(N(CC(=O)O)Cc2ccccc2C)CC1.Cl. The second-order valence-corrected chi connectivity index (χ2v) is 8.51. The van der Waals surface area contributed by atoms with Crippen LogP contribution < -0.4 is 0 Å². The van der Waals surface area contributed by atoms with Crippen molar-refractivity contribution in [1.29, 1.82) is 0 Å². The van der Waals surface area contributed by atoms with E-state index in [0.717, 1.165) is 11.1 Å². The van der Waals surface area contributed by atoms with E-state index in [1.807, 2.05) is 36.1 Å². The monoisotopic (exact) mass is 390 g/mol. The van der Waals surface area contributed by atoms with Gasteiger partial charge in [0.05, 0.1) is 12.3 Å². The molecule has 1 fully saturated rings. The first-order valence-electron chi connectivity index (χ1n) is 8.31. The molecule has 0 aliphatic carbocycles. The van der Waals surface area contributed by atoms with Crippen LogP contribution in [-0.2, 0) is 21.4 Å². The highest BCUT2D eigenvalue weighted by Gasteiger charge is 2.30. The molecule has 0 saturated carbocycles. The maximum Gasteiger partial charge on any atom is 0.317 e. The van der Waals surface area contributed by atoms with E-state index in [2.05, 4.69) is 0 Å². The molecule has 0 bridgehead atoms. The molecule has 1 aromatic rings. The summed E-state index contributed by atoms with van der Waals surface area (Å²) in [5, 5.41) is 9.23. The molecule has 0 spiro atoms. The van der Waals surface area contributed by atoms with Crippen LogP contribution in [0.2, 0.25) is 0 Å². The molecule has 8 heteroatoms. The minimum absolute atomic E-state index is 0. The Labute approximate surface area is 156 Å². The summed E-state index contributed by atoms with van der Waals surface area (Å²) in [6.45, 7) is 5.14. The zero-order valence-corrected chi connectivity index (χ0v) is 16.4. The van der Waals surface area contributed by atoms with Gasteiger partial charge in [0.15, 0.2) is 0 Å². The number of carboxylic acids is 1. The molecule has 0 amide bonds. The van der Waals surface area contributed by atoms with Crippen LogP contribution in [0, 0.1) is 6.92 Å². The van der Waals surface area contributed by atoms with Gasteiger partial charge in [0.25, 0.3) is 0 Å². The van der Waals surface area contributed by atoms with Crippen molar-refractivity contribution in [3.63, 3.8) is 0 Å². The summed E-state index contributed by atoms with van der Waals surface area (Å²) in [6.07, 6.45) is 1.33. The van der Waals surface area contributed by atoms with E-state index in [1.54, 1.807) is 6.92 Å². The number of hydrogen-bond acceptors (Lipinski definition) is 4. The summed E-state index contributed by atoms with van der Waals surface area (Å²) in [7, 11) is -3.16. The molecule has 0 atom stereocenters. The molecule has 6 nitrogen and oxygen atoms in total. The molecule has 1 heterocycles. The number of rotatable bonds is 7. The Balaban J connectivity index is 0.00000312. The fraction of sp³-hybridized carbons (Fsp3) is 0.588. The molecule has 1 aliphatic rings. The van der Waals surface area contributed by atoms with E-state index in [0.29, 0.717) is 32.5 Å². The Morgan fingerprint density at radius 2 is 1.88 bits per heavy atom. The molecule has 1 N–H and O–H groups in total. The van der Waals surface area contributed by atoms with Crippen LogP contribution in [0.1, 0.15) is 30.9 Å². The van der Waals surface area contributed by atoms with Gasteiger partial charge in [0.2, 0.25) is 10.0 Å². The zero-order chi connectivity index (χ0) is 17.7. The number of sulfonamides is 1. The van der Waals surface area contributed by atoms with Gasteiger partial charge >= 0.3 is 5.97 Å². The normalized spacial score (nSPS) is 16.6. The Morgan fingerprint density at radius 3 is 2.40 bits per heavy atom. The van der Waals surface area contributed by atoms with Gasteiger partial charge in [0.1, 0.15) is 0 Å². The fourth-order valence-electron chi connectivity index (χ4n) is 3.16. The van der Waals surface area contributed by atoms with Gasteiger partial charge in [-0.05, 0) is 37.8 Å². The van der Waals surface area contributed by atoms with Crippen LogP contribution >= 0.6 is 12.4 Å². The summed E-state index contributed by atoms with van der Waals surface area (Å²) < 4.78 is 25.4. The third-order valence-corrected chi connectivity index (χ3v) is 6.55. The predicted molar refractivity (Wildman–Crippen MR) is 101 cm³/mol. The number of aliphatic carboxylic acids is 1. The standard InChI is InChI=1S/C17H26N2O4S.ClH/c1-3-24(22,23)19-10-8-16(9-11-19)18(13-17(20)21)12-15-7-5-4-6-14(15)2;/h4-7,16H,3,8-13H2,1-2H3,(H,20,21);1H. The van der Waals surface area contributed by atoms with Gasteiger partial charge in [-0.25, -0.2) is 12.7 Å². The van der Waals surface area contributed by atoms with Crippen molar-refractivity contribution in [1.82, 2.24) is 9.21 Å². The maximum atomic E-state index is 12.0. The molecule has 1 aliphatic heterocycles. The number of nitrogens with zero attached hydrogens (tertiary/aromatic N) is 2. The van der Waals surface area contributed by atoms with Crippen LogP contribution in [0.5, 0.6) is 0 Å². The molecular formula is C17H27ClN2O4S. The van der Waals surface area contributed by atoms with Gasteiger partial charge in [-0.3, -0.25) is 9.69 Å². The van der Waals surface area contributed by atoms with Gasteiger partial charge in [-0.2, -0.15) is 0 Å². The van der Waals surface area contributed by atoms with E-state index in [-0.39, 0.29) is 30.7 Å². The first-order chi connectivity index (χ1) is 11.3. The van der Waals surface area contributed by atoms with Crippen molar-refractivity contribution in [3.8, 4) is 0 Å². The minimum atomic E-state index is -3.16. The number of halogens is 1. The zero-order valence-electron chi connectivity index (χ0n) is 14.7. The maximum absolute atomic E-state index is 12.0. The molecular weight excluding hydrogens is 364 g/mol. The van der Waals surface area contributed by atoms with Crippen LogP contribution in [0.4, 0.5) is 0 Å². The van der Waals surface area contributed by atoms with Gasteiger partial charge in [-0.1, -0.05) is 24.3 Å². The molecule has 142 valence electrons. The lowest BCUT2D eigenvalue weighted by molar-refractivity contribution is -0.139. The molecule has 1 saturated heterocycles. The first kappa shape index (κ1) is 21.9. The van der Waals surface area contributed by atoms with Gasteiger partial charge in [-0.15, -0.1) is 12.4 Å². The average molecular weight is 391 g/mol. The van der Waals surface area contributed by atoms with Crippen molar-refractivity contribution in [2.45, 2.75) is 39.3 Å². The van der Waals surface area contributed by atoms with Crippen LogP contribution in [0.15, 0.2) is 24.3 Å². The van der Waals surface area contributed by atoms with Crippen LogP contribution in [0.3, 0.4) is 0 Å². The van der Waals surface area contributed by atoms with E-state index in [1.165, 1.54) is 4.31 Å². The second-order valence-electron chi connectivity index (χ2n) is 6.26. The third kappa shape index (κ3) is 5.95. The van der Waals surface area contributed by atoms with E-state index < -0.39 is 16.0 Å². The van der Waals surface area contributed by atoms with Crippen molar-refractivity contribution in [2.75, 3.05) is 25.4 Å². The van der Waals surface area contributed by atoms with E-state index >= 15 is 0 Å². The lowest BCUT2D eigenvalue weighted by atomic mass is 10.0. The van der Waals surface area contributed by atoms with Crippen LogP contribution in [-0.4, -0.2) is 60.1 Å². The van der Waals surface area contributed by atoms with Crippen molar-refractivity contribution < 1.29 is 18.3 Å². The summed E-state index contributed by atoms with van der Waals surface area (Å²) in [6, 6.07) is 8.04. The summed E-state index contributed by atoms with van der Waals surface area (Å²) >= 11 is 0. The Hall–Kier alpha value is -1.15. The van der Waals surface area contributed by atoms with E-state index in [4.69, 9.17) is 0 Å². The van der Waals surface area contributed by atoms with Crippen LogP contribution in [0.25, 0.3) is 0 Å². The molecule has 0 aromatic heterocycles. The highest BCUT2D eigenvalue weighted by atomic mass is 35.5. The van der Waals surface area contributed by atoms with Gasteiger partial charge in [0, 0.05) is 25.7 Å². The summed E-state index contributed by atoms with van der Waals surface area (Å²) in [5.41, 5.74) is 2.25. The molecule has 0 unspecified atom stereocenters. The van der Waals surface area contributed by atoms with Crippen molar-refractivity contribution in [3.05, 3.63) is 35.4 Å². The number of aryl methyl sites for hydroxylation is 1. The number of carbonyl (C=O) groups is 1. The third-order valence-electron chi connectivity index (χ3n) is 4.67. The van der Waals surface area contributed by atoms with Crippen molar-refractivity contribution >= 4 is 28.4 Å². The first-order valence-corrected chi connectivity index (χ1v) is 9.92. The molecule has 25 heavy (non-hydrogen) atoms. The summed E-state index contributed by atoms with van der Waals surface area (Å²) in [5.74, 6) is -0.744. The topological polar surface area (TPSA) is 77.9 Å². The predicted octanol–water partition coefficient (Wildman–Crippen LogP) is 2.12. The molecule has 2 rings (SSSR count). The second kappa shape index (κ2) is 9.52. The minimum Gasteiger partial charge on any atom is -0.480 e. The van der Waals surface area contributed by atoms with Crippen molar-refractivity contribution in [2.24, 2.45) is 0 Å². The lowest BCUT2D eigenvalue weighted by Gasteiger charge is -2.37.